The Morgan fingerprint density at radius 2 is 2.00 bits per heavy atom. The maximum Gasteiger partial charge on any atom is 0.303 e. The summed E-state index contributed by atoms with van der Waals surface area (Å²) in [6.45, 7) is 2.58. The molecule has 0 unspecified atom stereocenters. The maximum absolute atomic E-state index is 11.7. The summed E-state index contributed by atoms with van der Waals surface area (Å²) in [5.74, 6) is -0.763. The fourth-order valence-electron chi connectivity index (χ4n) is 1.90. The van der Waals surface area contributed by atoms with Crippen molar-refractivity contribution >= 4 is 11.9 Å². The Hall–Kier alpha value is -1.91. The first-order valence-corrected chi connectivity index (χ1v) is 6.98. The number of unbranched alkanes of at least 4 members (excludes halogenated alkanes) is 3. The lowest BCUT2D eigenvalue weighted by molar-refractivity contribution is -0.137. The van der Waals surface area contributed by atoms with Crippen molar-refractivity contribution in [3.05, 3.63) is 29.6 Å². The zero-order valence-corrected chi connectivity index (χ0v) is 11.9. The Bertz CT molecular complexity index is 446. The largest absolute Gasteiger partial charge is 0.481 e. The molecule has 20 heavy (non-hydrogen) atoms. The SMILES string of the molecule is Cc1cccnc1CC(=O)NCCCCCCC(=O)O. The van der Waals surface area contributed by atoms with Gasteiger partial charge >= 0.3 is 5.97 Å². The Balaban J connectivity index is 2.09. The van der Waals surface area contributed by atoms with Crippen molar-refractivity contribution in [2.24, 2.45) is 0 Å². The Labute approximate surface area is 119 Å². The number of nitrogens with zero attached hydrogens (tertiary/aromatic N) is 1. The van der Waals surface area contributed by atoms with Gasteiger partial charge in [-0.15, -0.1) is 0 Å². The van der Waals surface area contributed by atoms with Gasteiger partial charge in [0.1, 0.15) is 0 Å². The molecule has 0 aliphatic heterocycles. The quantitative estimate of drug-likeness (QED) is 0.678. The van der Waals surface area contributed by atoms with E-state index in [0.717, 1.165) is 30.5 Å². The molecular formula is C15H22N2O3. The molecule has 0 aromatic carbocycles. The van der Waals surface area contributed by atoms with Gasteiger partial charge in [0.2, 0.25) is 5.91 Å². The minimum absolute atomic E-state index is 0.0164. The lowest BCUT2D eigenvalue weighted by Gasteiger charge is -2.06. The Morgan fingerprint density at radius 1 is 1.25 bits per heavy atom. The van der Waals surface area contributed by atoms with Crippen molar-refractivity contribution in [2.75, 3.05) is 6.54 Å². The highest BCUT2D eigenvalue weighted by molar-refractivity contribution is 5.78. The lowest BCUT2D eigenvalue weighted by atomic mass is 10.1. The Morgan fingerprint density at radius 3 is 2.70 bits per heavy atom. The van der Waals surface area contributed by atoms with Crippen molar-refractivity contribution in [3.8, 4) is 0 Å². The first-order chi connectivity index (χ1) is 9.59. The smallest absolute Gasteiger partial charge is 0.303 e. The molecule has 0 aliphatic carbocycles. The number of carbonyl (C=O) groups is 2. The minimum atomic E-state index is -0.746. The molecule has 0 radical (unpaired) electrons. The van der Waals surface area contributed by atoms with Crippen molar-refractivity contribution in [3.63, 3.8) is 0 Å². The molecule has 5 heteroatoms. The molecule has 0 aliphatic rings. The van der Waals surface area contributed by atoms with Crippen LogP contribution < -0.4 is 5.32 Å². The number of carboxylic acids is 1. The number of aliphatic carboxylic acids is 1. The van der Waals surface area contributed by atoms with E-state index in [-0.39, 0.29) is 12.3 Å². The summed E-state index contributed by atoms with van der Waals surface area (Å²) in [7, 11) is 0. The monoisotopic (exact) mass is 278 g/mol. The summed E-state index contributed by atoms with van der Waals surface area (Å²) >= 11 is 0. The van der Waals surface area contributed by atoms with Gasteiger partial charge in [0.15, 0.2) is 0 Å². The van der Waals surface area contributed by atoms with Crippen LogP contribution in [0.15, 0.2) is 18.3 Å². The fourth-order valence-corrected chi connectivity index (χ4v) is 1.90. The summed E-state index contributed by atoms with van der Waals surface area (Å²) in [6.07, 6.45) is 5.65. The third kappa shape index (κ3) is 6.87. The summed E-state index contributed by atoms with van der Waals surface area (Å²) in [6, 6.07) is 3.80. The molecule has 110 valence electrons. The first-order valence-electron chi connectivity index (χ1n) is 6.98. The summed E-state index contributed by atoms with van der Waals surface area (Å²) in [5, 5.41) is 11.4. The van der Waals surface area contributed by atoms with Crippen LogP contribution in [0, 0.1) is 6.92 Å². The number of aromatic nitrogens is 1. The van der Waals surface area contributed by atoms with Crippen LogP contribution in [0.3, 0.4) is 0 Å². The van der Waals surface area contributed by atoms with E-state index in [0.29, 0.717) is 19.4 Å². The lowest BCUT2D eigenvalue weighted by Crippen LogP contribution is -2.26. The van der Waals surface area contributed by atoms with Gasteiger partial charge in [-0.2, -0.15) is 0 Å². The fraction of sp³-hybridized carbons (Fsp3) is 0.533. The van der Waals surface area contributed by atoms with Crippen LogP contribution >= 0.6 is 0 Å². The molecule has 1 aromatic heterocycles. The highest BCUT2D eigenvalue weighted by Crippen LogP contribution is 2.04. The van der Waals surface area contributed by atoms with Crippen molar-refractivity contribution in [2.45, 2.75) is 45.4 Å². The molecule has 1 rings (SSSR count). The van der Waals surface area contributed by atoms with Gasteiger partial charge in [-0.3, -0.25) is 14.6 Å². The topological polar surface area (TPSA) is 79.3 Å². The van der Waals surface area contributed by atoms with E-state index in [1.165, 1.54) is 0 Å². The van der Waals surface area contributed by atoms with E-state index >= 15 is 0 Å². The first kappa shape index (κ1) is 16.1. The third-order valence-electron chi connectivity index (χ3n) is 3.09. The van der Waals surface area contributed by atoms with Crippen molar-refractivity contribution < 1.29 is 14.7 Å². The van der Waals surface area contributed by atoms with E-state index in [2.05, 4.69) is 10.3 Å². The number of hydrogen-bond donors (Lipinski definition) is 2. The average Bonchev–Trinajstić information content (AvgIpc) is 2.40. The number of amides is 1. The van der Waals surface area contributed by atoms with Gasteiger partial charge in [0.05, 0.1) is 12.1 Å². The van der Waals surface area contributed by atoms with Crippen molar-refractivity contribution in [1.82, 2.24) is 10.3 Å². The molecule has 0 bridgehead atoms. The van der Waals surface area contributed by atoms with Crippen molar-refractivity contribution in [1.29, 1.82) is 0 Å². The van der Waals surface area contributed by atoms with Gasteiger partial charge in [0.25, 0.3) is 0 Å². The van der Waals surface area contributed by atoms with Gasteiger partial charge in [-0.05, 0) is 31.4 Å². The normalized spacial score (nSPS) is 10.2. The van der Waals surface area contributed by atoms with E-state index in [4.69, 9.17) is 5.11 Å². The van der Waals surface area contributed by atoms with Crippen LogP contribution in [0.5, 0.6) is 0 Å². The number of rotatable bonds is 9. The summed E-state index contributed by atoms with van der Waals surface area (Å²) in [5.41, 5.74) is 1.84. The predicted molar refractivity (Wildman–Crippen MR) is 76.4 cm³/mol. The van der Waals surface area contributed by atoms with Gasteiger partial charge < -0.3 is 10.4 Å². The molecule has 0 atom stereocenters. The van der Waals surface area contributed by atoms with Crippen LogP contribution in [0.1, 0.15) is 43.4 Å². The number of carboxylic acid groups (broad SMARTS) is 1. The summed E-state index contributed by atoms with van der Waals surface area (Å²) in [4.78, 5) is 26.2. The number of hydrogen-bond acceptors (Lipinski definition) is 3. The minimum Gasteiger partial charge on any atom is -0.481 e. The molecule has 1 amide bonds. The predicted octanol–water partition coefficient (Wildman–Crippen LogP) is 2.08. The molecule has 5 nitrogen and oxygen atoms in total. The van der Waals surface area contributed by atoms with E-state index < -0.39 is 5.97 Å². The van der Waals surface area contributed by atoms with Crippen LogP contribution in [0.25, 0.3) is 0 Å². The van der Waals surface area contributed by atoms with Crippen LogP contribution in [-0.2, 0) is 16.0 Å². The molecule has 1 heterocycles. The van der Waals surface area contributed by atoms with E-state index in [9.17, 15) is 9.59 Å². The van der Waals surface area contributed by atoms with Crippen LogP contribution in [0.4, 0.5) is 0 Å². The molecule has 2 N–H and O–H groups in total. The molecule has 1 aromatic rings. The number of pyridine rings is 1. The zero-order chi connectivity index (χ0) is 14.8. The van der Waals surface area contributed by atoms with Gasteiger partial charge in [-0.1, -0.05) is 18.9 Å². The number of carbonyl (C=O) groups excluding carboxylic acids is 1. The second kappa shape index (κ2) is 9.07. The maximum atomic E-state index is 11.7. The second-order valence-corrected chi connectivity index (χ2v) is 4.85. The van der Waals surface area contributed by atoms with Crippen LogP contribution in [0.2, 0.25) is 0 Å². The molecule has 0 saturated carbocycles. The molecule has 0 saturated heterocycles. The zero-order valence-electron chi connectivity index (χ0n) is 11.9. The Kier molecular flexibility index (Phi) is 7.32. The molecular weight excluding hydrogens is 256 g/mol. The highest BCUT2D eigenvalue weighted by atomic mass is 16.4. The van der Waals surface area contributed by atoms with Crippen LogP contribution in [-0.4, -0.2) is 28.5 Å². The third-order valence-corrected chi connectivity index (χ3v) is 3.09. The standard InChI is InChI=1S/C15H22N2O3/c1-12-7-6-10-16-13(12)11-14(18)17-9-5-3-2-4-8-15(19)20/h6-7,10H,2-5,8-9,11H2,1H3,(H,17,18)(H,19,20). The number of nitrogens with one attached hydrogen (secondary N) is 1. The van der Waals surface area contributed by atoms with E-state index in [1.807, 2.05) is 19.1 Å². The molecule has 0 spiro atoms. The number of aryl methyl sites for hydroxylation is 1. The highest BCUT2D eigenvalue weighted by Gasteiger charge is 2.06. The average molecular weight is 278 g/mol. The van der Waals surface area contributed by atoms with Gasteiger partial charge in [0, 0.05) is 19.2 Å². The summed E-state index contributed by atoms with van der Waals surface area (Å²) < 4.78 is 0. The second-order valence-electron chi connectivity index (χ2n) is 4.85. The van der Waals surface area contributed by atoms with Gasteiger partial charge in [-0.25, -0.2) is 0 Å². The molecule has 0 fully saturated rings. The van der Waals surface area contributed by atoms with E-state index in [1.54, 1.807) is 6.20 Å².